The van der Waals surface area contributed by atoms with E-state index >= 15 is 0 Å². The smallest absolute Gasteiger partial charge is 0.339 e. The minimum atomic E-state index is -4.78. The van der Waals surface area contributed by atoms with E-state index in [0.717, 1.165) is 18.2 Å². The Balaban J connectivity index is 3.25. The fourth-order valence-corrected chi connectivity index (χ4v) is 2.86. The van der Waals surface area contributed by atoms with E-state index in [4.69, 9.17) is 9.84 Å². The van der Waals surface area contributed by atoms with E-state index in [2.05, 4.69) is 0 Å². The Morgan fingerprint density at radius 3 is 2.17 bits per heavy atom. The molecule has 134 valence electrons. The fraction of sp³-hybridized carbons (Fsp3) is 0.500. The summed E-state index contributed by atoms with van der Waals surface area (Å²) in [6.45, 7) is 7.68. The molecule has 0 radical (unpaired) electrons. The molecule has 0 spiro atoms. The van der Waals surface area contributed by atoms with Crippen LogP contribution < -0.4 is 0 Å². The molecule has 0 heterocycles. The van der Waals surface area contributed by atoms with Crippen LogP contribution in [0.3, 0.4) is 0 Å². The van der Waals surface area contributed by atoms with Gasteiger partial charge in [0.2, 0.25) is 0 Å². The van der Waals surface area contributed by atoms with E-state index in [1.807, 2.05) is 27.7 Å². The second kappa shape index (κ2) is 7.76. The number of benzene rings is 1. The summed E-state index contributed by atoms with van der Waals surface area (Å²) in [7, 11) is -4.78. The number of carboxylic acid groups (broad SMARTS) is 1. The highest BCUT2D eigenvalue weighted by Crippen LogP contribution is 2.23. The van der Waals surface area contributed by atoms with Gasteiger partial charge in [0.25, 0.3) is 10.1 Å². The number of rotatable bonds is 7. The molecule has 2 N–H and O–H groups in total. The predicted octanol–water partition coefficient (Wildman–Crippen LogP) is 2.86. The molecule has 1 aromatic carbocycles. The topological polar surface area (TPSA) is 118 Å². The fourth-order valence-electron chi connectivity index (χ4n) is 2.16. The number of carboxylic acids is 1. The van der Waals surface area contributed by atoms with Gasteiger partial charge in [0.1, 0.15) is 11.0 Å². The van der Waals surface area contributed by atoms with Gasteiger partial charge in [0.05, 0.1) is 11.1 Å². The summed E-state index contributed by atoms with van der Waals surface area (Å²) in [5.41, 5.74) is -0.751. The van der Waals surface area contributed by atoms with Crippen molar-refractivity contribution in [3.05, 3.63) is 29.3 Å². The molecular weight excluding hydrogens is 336 g/mol. The Labute approximate surface area is 141 Å². The monoisotopic (exact) mass is 358 g/mol. The highest BCUT2D eigenvalue weighted by atomic mass is 32.2. The Kier molecular flexibility index (Phi) is 6.50. The van der Waals surface area contributed by atoms with Crippen LogP contribution in [0.1, 0.15) is 54.8 Å². The lowest BCUT2D eigenvalue weighted by atomic mass is 9.97. The zero-order valence-corrected chi connectivity index (χ0v) is 14.8. The molecule has 1 unspecified atom stereocenters. The molecule has 0 fully saturated rings. The molecule has 1 rings (SSSR count). The maximum absolute atomic E-state index is 12.3. The van der Waals surface area contributed by atoms with Crippen molar-refractivity contribution in [2.75, 3.05) is 0 Å². The normalized spacial score (nSPS) is 13.1. The number of hydrogen-bond acceptors (Lipinski definition) is 5. The third-order valence-corrected chi connectivity index (χ3v) is 4.33. The van der Waals surface area contributed by atoms with Gasteiger partial charge in [-0.05, 0) is 36.5 Å². The molecule has 1 atom stereocenters. The highest BCUT2D eigenvalue weighted by Gasteiger charge is 2.27. The first-order valence-corrected chi connectivity index (χ1v) is 8.93. The zero-order valence-electron chi connectivity index (χ0n) is 14.0. The Bertz CT molecular complexity index is 720. The number of ether oxygens (including phenoxy) is 1. The second-order valence-corrected chi connectivity index (χ2v) is 7.70. The van der Waals surface area contributed by atoms with Crippen molar-refractivity contribution in [1.29, 1.82) is 0 Å². The van der Waals surface area contributed by atoms with Gasteiger partial charge in [0, 0.05) is 0 Å². The van der Waals surface area contributed by atoms with Crippen LogP contribution in [-0.2, 0) is 14.9 Å². The molecule has 0 bridgehead atoms. The minimum Gasteiger partial charge on any atom is -0.478 e. The van der Waals surface area contributed by atoms with E-state index in [1.54, 1.807) is 0 Å². The summed E-state index contributed by atoms with van der Waals surface area (Å²) in [5.74, 6) is -2.01. The van der Waals surface area contributed by atoms with Gasteiger partial charge < -0.3 is 9.84 Å². The molecule has 1 aromatic rings. The number of carbonyl (C=O) groups is 2. The SMILES string of the molecule is CC(C)CC(OC(=O)c1ccc(C(=O)O)cc1S(=O)(=O)O)C(C)C. The molecule has 0 aliphatic carbocycles. The molecule has 24 heavy (non-hydrogen) atoms. The van der Waals surface area contributed by atoms with Gasteiger partial charge in [-0.15, -0.1) is 0 Å². The molecule has 0 saturated heterocycles. The van der Waals surface area contributed by atoms with Gasteiger partial charge in [-0.2, -0.15) is 8.42 Å². The van der Waals surface area contributed by atoms with Crippen LogP contribution in [-0.4, -0.2) is 36.1 Å². The van der Waals surface area contributed by atoms with Gasteiger partial charge in [-0.25, -0.2) is 9.59 Å². The van der Waals surface area contributed by atoms with Gasteiger partial charge >= 0.3 is 11.9 Å². The third kappa shape index (κ3) is 5.31. The summed E-state index contributed by atoms with van der Waals surface area (Å²) >= 11 is 0. The van der Waals surface area contributed by atoms with Crippen LogP contribution in [0.4, 0.5) is 0 Å². The quantitative estimate of drug-likeness (QED) is 0.568. The molecule has 0 aromatic heterocycles. The standard InChI is InChI=1S/C16H22O7S/c1-9(2)7-13(10(3)4)23-16(19)12-6-5-11(15(17)18)8-14(12)24(20,21)22/h5-6,8-10,13H,7H2,1-4H3,(H,17,18)(H,20,21,22). The summed E-state index contributed by atoms with van der Waals surface area (Å²) in [4.78, 5) is 22.5. The lowest BCUT2D eigenvalue weighted by Gasteiger charge is -2.23. The predicted molar refractivity (Wildman–Crippen MR) is 86.7 cm³/mol. The first-order valence-electron chi connectivity index (χ1n) is 7.49. The molecule has 0 aliphatic rings. The van der Waals surface area contributed by atoms with Crippen molar-refractivity contribution in [3.63, 3.8) is 0 Å². The van der Waals surface area contributed by atoms with Crippen LogP contribution in [0.2, 0.25) is 0 Å². The summed E-state index contributed by atoms with van der Waals surface area (Å²) in [6.07, 6.45) is 0.170. The largest absolute Gasteiger partial charge is 0.478 e. The van der Waals surface area contributed by atoms with Crippen LogP contribution in [0, 0.1) is 11.8 Å². The molecule has 7 nitrogen and oxygen atoms in total. The average Bonchev–Trinajstić information content (AvgIpc) is 2.44. The first kappa shape index (κ1) is 20.1. The van der Waals surface area contributed by atoms with Gasteiger partial charge in [0.15, 0.2) is 0 Å². The van der Waals surface area contributed by atoms with Gasteiger partial charge in [-0.1, -0.05) is 27.7 Å². The average molecular weight is 358 g/mol. The van der Waals surface area contributed by atoms with Crippen LogP contribution in [0.15, 0.2) is 23.1 Å². The first-order chi connectivity index (χ1) is 10.9. The van der Waals surface area contributed by atoms with Crippen LogP contribution >= 0.6 is 0 Å². The van der Waals surface area contributed by atoms with E-state index < -0.39 is 38.6 Å². The van der Waals surface area contributed by atoms with Crippen molar-refractivity contribution in [2.45, 2.75) is 45.1 Å². The molecule has 0 saturated carbocycles. The van der Waals surface area contributed by atoms with Crippen molar-refractivity contribution in [1.82, 2.24) is 0 Å². The van der Waals surface area contributed by atoms with E-state index in [1.165, 1.54) is 0 Å². The number of aromatic carboxylic acids is 1. The molecular formula is C16H22O7S. The second-order valence-electron chi connectivity index (χ2n) is 6.31. The van der Waals surface area contributed by atoms with Crippen molar-refractivity contribution in [3.8, 4) is 0 Å². The number of carbonyl (C=O) groups excluding carboxylic acids is 1. The van der Waals surface area contributed by atoms with E-state index in [0.29, 0.717) is 6.42 Å². The minimum absolute atomic E-state index is 0.0174. The van der Waals surface area contributed by atoms with Gasteiger partial charge in [-0.3, -0.25) is 4.55 Å². The summed E-state index contributed by atoms with van der Waals surface area (Å²) in [6, 6.07) is 2.85. The summed E-state index contributed by atoms with van der Waals surface area (Å²) < 4.78 is 37.6. The zero-order chi connectivity index (χ0) is 18.7. The number of hydrogen-bond donors (Lipinski definition) is 2. The summed E-state index contributed by atoms with van der Waals surface area (Å²) in [5, 5.41) is 8.93. The highest BCUT2D eigenvalue weighted by molar-refractivity contribution is 7.86. The number of esters is 1. The van der Waals surface area contributed by atoms with E-state index in [9.17, 15) is 22.6 Å². The Morgan fingerprint density at radius 1 is 1.17 bits per heavy atom. The third-order valence-electron chi connectivity index (χ3n) is 3.43. The van der Waals surface area contributed by atoms with Crippen molar-refractivity contribution >= 4 is 22.1 Å². The molecule has 0 aliphatic heterocycles. The lowest BCUT2D eigenvalue weighted by Crippen LogP contribution is -2.26. The maximum Gasteiger partial charge on any atom is 0.339 e. The lowest BCUT2D eigenvalue weighted by molar-refractivity contribution is 0.0117. The van der Waals surface area contributed by atoms with Crippen LogP contribution in [0.5, 0.6) is 0 Å². The Morgan fingerprint density at radius 2 is 1.75 bits per heavy atom. The van der Waals surface area contributed by atoms with Crippen molar-refractivity contribution < 1.29 is 32.4 Å². The Hall–Kier alpha value is -1.93. The van der Waals surface area contributed by atoms with Crippen LogP contribution in [0.25, 0.3) is 0 Å². The van der Waals surface area contributed by atoms with Crippen molar-refractivity contribution in [2.24, 2.45) is 11.8 Å². The molecule has 0 amide bonds. The molecule has 8 heteroatoms. The maximum atomic E-state index is 12.3. The van der Waals surface area contributed by atoms with E-state index in [-0.39, 0.29) is 17.4 Å².